The summed E-state index contributed by atoms with van der Waals surface area (Å²) in [7, 11) is 0. The van der Waals surface area contributed by atoms with Crippen LogP contribution in [0.15, 0.2) is 0 Å². The monoisotopic (exact) mass is 286 g/mol. The summed E-state index contributed by atoms with van der Waals surface area (Å²) in [4.78, 5) is 10.3. The number of carboxylic acids is 1. The van der Waals surface area contributed by atoms with Gasteiger partial charge >= 0.3 is 5.97 Å². The Morgan fingerprint density at radius 3 is 1.95 bits per heavy atom. The summed E-state index contributed by atoms with van der Waals surface area (Å²) >= 11 is 0. The molecule has 4 heteroatoms. The third-order valence-corrected chi connectivity index (χ3v) is 3.75. The average molecular weight is 286 g/mol. The maximum absolute atomic E-state index is 10.3. The summed E-state index contributed by atoms with van der Waals surface area (Å²) in [5, 5.41) is 11.6. The Kier molecular flexibility index (Phi) is 14.3. The highest BCUT2D eigenvalue weighted by Crippen LogP contribution is 2.10. The van der Waals surface area contributed by atoms with Gasteiger partial charge in [-0.2, -0.15) is 0 Å². The predicted molar refractivity (Wildman–Crippen MR) is 84.9 cm³/mol. The molecule has 20 heavy (non-hydrogen) atoms. The standard InChI is InChI=1S/C10H23N.C6H11NO2/c1-2-3-4-5-6-7-8-9-10-11;8-6(9)5-1-3-7-4-2-5/h2-11H2,1H3;5,7H,1-4H2,(H,8,9). The predicted octanol–water partition coefficient (Wildman–Crippen LogP) is 3.16. The molecule has 0 aromatic heterocycles. The Morgan fingerprint density at radius 2 is 1.55 bits per heavy atom. The molecule has 0 atom stereocenters. The van der Waals surface area contributed by atoms with Crippen LogP contribution in [0.3, 0.4) is 0 Å². The first-order valence-electron chi connectivity index (χ1n) is 8.36. The molecule has 1 heterocycles. The molecule has 0 spiro atoms. The number of carbonyl (C=O) groups is 1. The first-order valence-corrected chi connectivity index (χ1v) is 8.36. The Hall–Kier alpha value is -0.610. The third kappa shape index (κ3) is 12.4. The molecule has 1 aliphatic rings. The second kappa shape index (κ2) is 14.8. The van der Waals surface area contributed by atoms with E-state index in [2.05, 4.69) is 12.2 Å². The Morgan fingerprint density at radius 1 is 1.05 bits per heavy atom. The van der Waals surface area contributed by atoms with Gasteiger partial charge in [-0.05, 0) is 38.9 Å². The maximum Gasteiger partial charge on any atom is 0.306 e. The highest BCUT2D eigenvalue weighted by Gasteiger charge is 2.18. The molecule has 0 saturated carbocycles. The molecule has 0 amide bonds. The van der Waals surface area contributed by atoms with Crippen LogP contribution in [0.5, 0.6) is 0 Å². The van der Waals surface area contributed by atoms with Crippen LogP contribution < -0.4 is 11.1 Å². The first kappa shape index (κ1) is 19.4. The SMILES string of the molecule is CCCCCCCCCCN.O=C(O)C1CCNCC1. The first-order chi connectivity index (χ1) is 9.72. The lowest BCUT2D eigenvalue weighted by molar-refractivity contribution is -0.142. The van der Waals surface area contributed by atoms with Crippen molar-refractivity contribution in [2.75, 3.05) is 19.6 Å². The van der Waals surface area contributed by atoms with E-state index in [1.165, 1.54) is 51.4 Å². The highest BCUT2D eigenvalue weighted by molar-refractivity contribution is 5.70. The summed E-state index contributed by atoms with van der Waals surface area (Å²) < 4.78 is 0. The van der Waals surface area contributed by atoms with E-state index in [0.29, 0.717) is 0 Å². The van der Waals surface area contributed by atoms with E-state index in [-0.39, 0.29) is 5.92 Å². The molecule has 0 aliphatic carbocycles. The number of nitrogens with two attached hydrogens (primary N) is 1. The molecule has 1 rings (SSSR count). The number of carboxylic acid groups (broad SMARTS) is 1. The van der Waals surface area contributed by atoms with Crippen LogP contribution in [0.4, 0.5) is 0 Å². The van der Waals surface area contributed by atoms with Crippen LogP contribution in [-0.2, 0) is 4.79 Å². The van der Waals surface area contributed by atoms with Crippen LogP contribution in [0, 0.1) is 5.92 Å². The lowest BCUT2D eigenvalue weighted by Crippen LogP contribution is -2.31. The van der Waals surface area contributed by atoms with Crippen molar-refractivity contribution in [3.05, 3.63) is 0 Å². The summed E-state index contributed by atoms with van der Waals surface area (Å²) in [6.45, 7) is 4.84. The van der Waals surface area contributed by atoms with Crippen LogP contribution in [0.2, 0.25) is 0 Å². The Balaban J connectivity index is 0.000000367. The lowest BCUT2D eigenvalue weighted by atomic mass is 9.99. The van der Waals surface area contributed by atoms with Crippen molar-refractivity contribution in [2.45, 2.75) is 71.1 Å². The van der Waals surface area contributed by atoms with Gasteiger partial charge in [0.15, 0.2) is 0 Å². The molecule has 1 fully saturated rings. The van der Waals surface area contributed by atoms with Crippen LogP contribution in [0.25, 0.3) is 0 Å². The zero-order valence-corrected chi connectivity index (χ0v) is 13.2. The minimum absolute atomic E-state index is 0.0914. The quantitative estimate of drug-likeness (QED) is 0.569. The van der Waals surface area contributed by atoms with Crippen molar-refractivity contribution in [3.8, 4) is 0 Å². The zero-order chi connectivity index (χ0) is 15.1. The number of hydrogen-bond donors (Lipinski definition) is 3. The summed E-state index contributed by atoms with van der Waals surface area (Å²) in [6.07, 6.45) is 12.6. The Labute approximate surface area is 124 Å². The zero-order valence-electron chi connectivity index (χ0n) is 13.2. The molecule has 1 saturated heterocycles. The molecule has 0 aromatic rings. The van der Waals surface area contributed by atoms with Crippen molar-refractivity contribution < 1.29 is 9.90 Å². The molecule has 120 valence electrons. The number of unbranched alkanes of at least 4 members (excludes halogenated alkanes) is 7. The molecule has 1 aliphatic heterocycles. The van der Waals surface area contributed by atoms with Gasteiger partial charge < -0.3 is 16.2 Å². The molecule has 0 bridgehead atoms. The van der Waals surface area contributed by atoms with E-state index < -0.39 is 5.97 Å². The van der Waals surface area contributed by atoms with Gasteiger partial charge in [0.05, 0.1) is 5.92 Å². The van der Waals surface area contributed by atoms with Crippen molar-refractivity contribution in [1.29, 1.82) is 0 Å². The summed E-state index contributed by atoms with van der Waals surface area (Å²) in [5.74, 6) is -0.734. The fourth-order valence-corrected chi connectivity index (χ4v) is 2.35. The fourth-order valence-electron chi connectivity index (χ4n) is 2.35. The van der Waals surface area contributed by atoms with E-state index >= 15 is 0 Å². The molecule has 0 aromatic carbocycles. The van der Waals surface area contributed by atoms with Gasteiger partial charge in [0.25, 0.3) is 0 Å². The second-order valence-electron chi connectivity index (χ2n) is 5.63. The minimum Gasteiger partial charge on any atom is -0.481 e. The number of hydrogen-bond acceptors (Lipinski definition) is 3. The van der Waals surface area contributed by atoms with Crippen molar-refractivity contribution in [2.24, 2.45) is 11.7 Å². The van der Waals surface area contributed by atoms with Crippen LogP contribution >= 0.6 is 0 Å². The molecule has 4 N–H and O–H groups in total. The van der Waals surface area contributed by atoms with E-state index in [4.69, 9.17) is 10.8 Å². The van der Waals surface area contributed by atoms with Crippen LogP contribution in [0.1, 0.15) is 71.1 Å². The molecule has 0 unspecified atom stereocenters. The van der Waals surface area contributed by atoms with E-state index in [1.807, 2.05) is 0 Å². The lowest BCUT2D eigenvalue weighted by Gasteiger charge is -2.17. The van der Waals surface area contributed by atoms with Crippen LogP contribution in [-0.4, -0.2) is 30.7 Å². The fraction of sp³-hybridized carbons (Fsp3) is 0.938. The van der Waals surface area contributed by atoms with E-state index in [0.717, 1.165) is 32.5 Å². The van der Waals surface area contributed by atoms with Gasteiger partial charge in [0.1, 0.15) is 0 Å². The largest absolute Gasteiger partial charge is 0.481 e. The molecule has 0 radical (unpaired) electrons. The van der Waals surface area contributed by atoms with Gasteiger partial charge in [-0.1, -0.05) is 51.9 Å². The highest BCUT2D eigenvalue weighted by atomic mass is 16.4. The van der Waals surface area contributed by atoms with E-state index in [1.54, 1.807) is 0 Å². The number of nitrogens with one attached hydrogen (secondary N) is 1. The maximum atomic E-state index is 10.3. The van der Waals surface area contributed by atoms with Crippen molar-refractivity contribution >= 4 is 5.97 Å². The third-order valence-electron chi connectivity index (χ3n) is 3.75. The molecular formula is C16H34N2O2. The summed E-state index contributed by atoms with van der Waals surface area (Å²) in [5.41, 5.74) is 5.39. The minimum atomic E-state index is -0.642. The van der Waals surface area contributed by atoms with E-state index in [9.17, 15) is 4.79 Å². The average Bonchev–Trinajstić information content (AvgIpc) is 2.48. The van der Waals surface area contributed by atoms with Gasteiger partial charge in [0, 0.05) is 0 Å². The Bertz CT molecular complexity index is 209. The number of aliphatic carboxylic acids is 1. The van der Waals surface area contributed by atoms with Gasteiger partial charge in [0.2, 0.25) is 0 Å². The van der Waals surface area contributed by atoms with Gasteiger partial charge in [-0.3, -0.25) is 4.79 Å². The second-order valence-corrected chi connectivity index (χ2v) is 5.63. The van der Waals surface area contributed by atoms with Gasteiger partial charge in [-0.15, -0.1) is 0 Å². The van der Waals surface area contributed by atoms with Crippen molar-refractivity contribution in [1.82, 2.24) is 5.32 Å². The smallest absolute Gasteiger partial charge is 0.306 e. The van der Waals surface area contributed by atoms with Gasteiger partial charge in [-0.25, -0.2) is 0 Å². The topological polar surface area (TPSA) is 75.4 Å². The molecule has 4 nitrogen and oxygen atoms in total. The van der Waals surface area contributed by atoms with Crippen molar-refractivity contribution in [3.63, 3.8) is 0 Å². The molecular weight excluding hydrogens is 252 g/mol. The normalized spacial score (nSPS) is 15.5. The number of piperidine rings is 1. The summed E-state index contributed by atoms with van der Waals surface area (Å²) in [6, 6.07) is 0. The number of rotatable bonds is 9.